The molecule has 0 unspecified atom stereocenters. The SMILES string of the molecule is O=C(NCc1ccc(-c2ccoc2)cc1)c1ccno1. The summed E-state index contributed by atoms with van der Waals surface area (Å²) in [7, 11) is 0. The largest absolute Gasteiger partial charge is 0.472 e. The van der Waals surface area contributed by atoms with Crippen LogP contribution >= 0.6 is 0 Å². The molecule has 0 aliphatic heterocycles. The Balaban J connectivity index is 1.63. The van der Waals surface area contributed by atoms with E-state index in [2.05, 4.69) is 10.5 Å². The van der Waals surface area contributed by atoms with E-state index in [4.69, 9.17) is 8.94 Å². The number of carbonyl (C=O) groups is 1. The van der Waals surface area contributed by atoms with Gasteiger partial charge in [-0.25, -0.2) is 0 Å². The van der Waals surface area contributed by atoms with Gasteiger partial charge >= 0.3 is 0 Å². The van der Waals surface area contributed by atoms with Crippen LogP contribution in [-0.4, -0.2) is 11.1 Å². The summed E-state index contributed by atoms with van der Waals surface area (Å²) < 4.78 is 9.83. The lowest BCUT2D eigenvalue weighted by molar-refractivity contribution is 0.0914. The molecule has 0 atom stereocenters. The maximum absolute atomic E-state index is 11.7. The molecule has 1 aromatic carbocycles. The second-order valence-electron chi connectivity index (χ2n) is 4.27. The van der Waals surface area contributed by atoms with Crippen molar-refractivity contribution in [2.24, 2.45) is 0 Å². The van der Waals surface area contributed by atoms with Gasteiger partial charge in [0.05, 0.1) is 18.7 Å². The van der Waals surface area contributed by atoms with E-state index in [1.807, 2.05) is 30.3 Å². The highest BCUT2D eigenvalue weighted by Gasteiger charge is 2.08. The van der Waals surface area contributed by atoms with Crippen molar-refractivity contribution in [2.75, 3.05) is 0 Å². The van der Waals surface area contributed by atoms with E-state index in [-0.39, 0.29) is 11.7 Å². The molecule has 0 fully saturated rings. The molecule has 5 nitrogen and oxygen atoms in total. The van der Waals surface area contributed by atoms with Crippen LogP contribution in [0.3, 0.4) is 0 Å². The second kappa shape index (κ2) is 5.44. The number of amides is 1. The maximum Gasteiger partial charge on any atom is 0.290 e. The summed E-state index contributed by atoms with van der Waals surface area (Å²) in [6.45, 7) is 0.436. The first-order valence-electron chi connectivity index (χ1n) is 6.13. The van der Waals surface area contributed by atoms with E-state index in [0.29, 0.717) is 6.54 Å². The number of rotatable bonds is 4. The topological polar surface area (TPSA) is 68.3 Å². The van der Waals surface area contributed by atoms with Crippen molar-refractivity contribution in [3.8, 4) is 11.1 Å². The standard InChI is InChI=1S/C15H12N2O3/c18-15(14-5-7-17-20-14)16-9-11-1-3-12(4-2-11)13-6-8-19-10-13/h1-8,10H,9H2,(H,16,18). The molecule has 5 heteroatoms. The van der Waals surface area contributed by atoms with Gasteiger partial charge in [-0.05, 0) is 17.2 Å². The molecule has 0 saturated heterocycles. The summed E-state index contributed by atoms with van der Waals surface area (Å²) in [6.07, 6.45) is 4.77. The summed E-state index contributed by atoms with van der Waals surface area (Å²) >= 11 is 0. The van der Waals surface area contributed by atoms with E-state index in [9.17, 15) is 4.79 Å². The van der Waals surface area contributed by atoms with Crippen LogP contribution in [0.15, 0.2) is 64.1 Å². The predicted molar refractivity (Wildman–Crippen MR) is 71.8 cm³/mol. The Hall–Kier alpha value is -2.82. The van der Waals surface area contributed by atoms with Crippen molar-refractivity contribution in [2.45, 2.75) is 6.54 Å². The minimum atomic E-state index is -0.276. The van der Waals surface area contributed by atoms with Crippen LogP contribution in [0.25, 0.3) is 11.1 Å². The zero-order chi connectivity index (χ0) is 13.8. The fourth-order valence-corrected chi connectivity index (χ4v) is 1.85. The minimum absolute atomic E-state index is 0.208. The molecular formula is C15H12N2O3. The van der Waals surface area contributed by atoms with Crippen molar-refractivity contribution in [3.63, 3.8) is 0 Å². The highest BCUT2D eigenvalue weighted by atomic mass is 16.5. The third kappa shape index (κ3) is 2.61. The highest BCUT2D eigenvalue weighted by molar-refractivity contribution is 5.91. The van der Waals surface area contributed by atoms with Crippen LogP contribution in [-0.2, 0) is 6.54 Å². The van der Waals surface area contributed by atoms with Crippen LogP contribution in [0.2, 0.25) is 0 Å². The lowest BCUT2D eigenvalue weighted by atomic mass is 10.1. The van der Waals surface area contributed by atoms with Gasteiger partial charge in [-0.1, -0.05) is 29.4 Å². The van der Waals surface area contributed by atoms with Gasteiger partial charge in [0, 0.05) is 18.2 Å². The number of furan rings is 1. The molecule has 0 spiro atoms. The Labute approximate surface area is 115 Å². The molecule has 2 aromatic heterocycles. The molecule has 20 heavy (non-hydrogen) atoms. The first kappa shape index (κ1) is 12.2. The van der Waals surface area contributed by atoms with Crippen LogP contribution in [0, 0.1) is 0 Å². The molecule has 100 valence electrons. The molecule has 0 saturated carbocycles. The summed E-state index contributed by atoms with van der Waals surface area (Å²) in [5.41, 5.74) is 3.11. The average Bonchev–Trinajstić information content (AvgIpc) is 3.18. The van der Waals surface area contributed by atoms with Gasteiger partial charge < -0.3 is 14.3 Å². The van der Waals surface area contributed by atoms with Crippen molar-refractivity contribution >= 4 is 5.91 Å². The third-order valence-corrected chi connectivity index (χ3v) is 2.92. The first-order chi connectivity index (χ1) is 9.83. The van der Waals surface area contributed by atoms with Crippen molar-refractivity contribution in [3.05, 3.63) is 66.4 Å². The van der Waals surface area contributed by atoms with Gasteiger partial charge in [-0.15, -0.1) is 0 Å². The van der Waals surface area contributed by atoms with E-state index < -0.39 is 0 Å². The number of aromatic nitrogens is 1. The third-order valence-electron chi connectivity index (χ3n) is 2.92. The Morgan fingerprint density at radius 1 is 1.10 bits per heavy atom. The summed E-state index contributed by atoms with van der Waals surface area (Å²) in [5, 5.41) is 6.26. The van der Waals surface area contributed by atoms with Gasteiger partial charge in [-0.2, -0.15) is 0 Å². The van der Waals surface area contributed by atoms with Crippen molar-refractivity contribution in [1.29, 1.82) is 0 Å². The summed E-state index contributed by atoms with van der Waals surface area (Å²) in [5.74, 6) is -0.0681. The zero-order valence-electron chi connectivity index (χ0n) is 10.6. The van der Waals surface area contributed by atoms with Crippen molar-refractivity contribution in [1.82, 2.24) is 10.5 Å². The minimum Gasteiger partial charge on any atom is -0.472 e. The number of carbonyl (C=O) groups excluding carboxylic acids is 1. The molecule has 0 bridgehead atoms. The maximum atomic E-state index is 11.7. The number of nitrogens with one attached hydrogen (secondary N) is 1. The molecule has 0 radical (unpaired) electrons. The summed E-state index contributed by atoms with van der Waals surface area (Å²) in [6, 6.07) is 11.3. The van der Waals surface area contributed by atoms with Crippen LogP contribution in [0.4, 0.5) is 0 Å². The van der Waals surface area contributed by atoms with E-state index >= 15 is 0 Å². The number of nitrogens with zero attached hydrogens (tertiary/aromatic N) is 1. The van der Waals surface area contributed by atoms with Gasteiger partial charge in [0.2, 0.25) is 5.76 Å². The van der Waals surface area contributed by atoms with Crippen LogP contribution in [0.1, 0.15) is 16.1 Å². The van der Waals surface area contributed by atoms with E-state index in [1.165, 1.54) is 12.3 Å². The predicted octanol–water partition coefficient (Wildman–Crippen LogP) is 2.86. The number of benzene rings is 1. The lowest BCUT2D eigenvalue weighted by Crippen LogP contribution is -2.22. The molecule has 3 rings (SSSR count). The fraction of sp³-hybridized carbons (Fsp3) is 0.0667. The van der Waals surface area contributed by atoms with Crippen LogP contribution in [0.5, 0.6) is 0 Å². The average molecular weight is 268 g/mol. The van der Waals surface area contributed by atoms with Crippen LogP contribution < -0.4 is 5.32 Å². The van der Waals surface area contributed by atoms with Crippen molar-refractivity contribution < 1.29 is 13.7 Å². The highest BCUT2D eigenvalue weighted by Crippen LogP contribution is 2.19. The molecule has 3 aromatic rings. The lowest BCUT2D eigenvalue weighted by Gasteiger charge is -2.04. The smallest absolute Gasteiger partial charge is 0.290 e. The molecule has 1 amide bonds. The van der Waals surface area contributed by atoms with Gasteiger partial charge in [-0.3, -0.25) is 4.79 Å². The van der Waals surface area contributed by atoms with E-state index in [0.717, 1.165) is 16.7 Å². The number of hydrogen-bond donors (Lipinski definition) is 1. The van der Waals surface area contributed by atoms with Gasteiger partial charge in [0.25, 0.3) is 5.91 Å². The molecule has 1 N–H and O–H groups in total. The molecular weight excluding hydrogens is 256 g/mol. The molecule has 0 aliphatic rings. The molecule has 0 aliphatic carbocycles. The van der Waals surface area contributed by atoms with Gasteiger partial charge in [0.15, 0.2) is 0 Å². The monoisotopic (exact) mass is 268 g/mol. The van der Waals surface area contributed by atoms with E-state index in [1.54, 1.807) is 12.5 Å². The molecule has 2 heterocycles. The quantitative estimate of drug-likeness (QED) is 0.790. The fourth-order valence-electron chi connectivity index (χ4n) is 1.85. The Morgan fingerprint density at radius 3 is 2.60 bits per heavy atom. The Bertz CT molecular complexity index is 671. The second-order valence-corrected chi connectivity index (χ2v) is 4.27. The number of hydrogen-bond acceptors (Lipinski definition) is 4. The summed E-state index contributed by atoms with van der Waals surface area (Å²) in [4.78, 5) is 11.7. The Kier molecular flexibility index (Phi) is 3.33. The normalized spacial score (nSPS) is 10.4. The zero-order valence-corrected chi connectivity index (χ0v) is 10.6. The first-order valence-corrected chi connectivity index (χ1v) is 6.13. The van der Waals surface area contributed by atoms with Gasteiger partial charge in [0.1, 0.15) is 0 Å². The Morgan fingerprint density at radius 2 is 1.95 bits per heavy atom.